The highest BCUT2D eigenvalue weighted by Gasteiger charge is 2.53. The standard InChI is InChI=1S/C17H27BrN4.HI/c1-4-19-16(20-12-17(7-8-17)13-5-6-13)22(3)11-15-9-14(18)10-21(15)2;/h9-10,13H,4-8,11-12H2,1-3H3,(H,19,20);1H. The van der Waals surface area contributed by atoms with Gasteiger partial charge in [0, 0.05) is 43.5 Å². The van der Waals surface area contributed by atoms with E-state index >= 15 is 0 Å². The van der Waals surface area contributed by atoms with Crippen molar-refractivity contribution in [3.63, 3.8) is 0 Å². The molecule has 0 aliphatic heterocycles. The van der Waals surface area contributed by atoms with E-state index in [9.17, 15) is 0 Å². The van der Waals surface area contributed by atoms with Gasteiger partial charge in [0.2, 0.25) is 0 Å². The molecule has 3 rings (SSSR count). The van der Waals surface area contributed by atoms with Crippen molar-refractivity contribution in [2.45, 2.75) is 39.2 Å². The van der Waals surface area contributed by atoms with Gasteiger partial charge in [-0.25, -0.2) is 0 Å². The minimum absolute atomic E-state index is 0. The SMILES string of the molecule is CCNC(=NCC1(C2CC2)CC1)N(C)Cc1cc(Br)cn1C.I. The lowest BCUT2D eigenvalue weighted by Gasteiger charge is -2.23. The second-order valence-electron chi connectivity index (χ2n) is 6.92. The minimum Gasteiger partial charge on any atom is -0.357 e. The van der Waals surface area contributed by atoms with Crippen molar-refractivity contribution in [1.29, 1.82) is 0 Å². The number of aromatic nitrogens is 1. The van der Waals surface area contributed by atoms with E-state index in [4.69, 9.17) is 4.99 Å². The van der Waals surface area contributed by atoms with Gasteiger partial charge in [-0.05, 0) is 65.9 Å². The molecule has 130 valence electrons. The van der Waals surface area contributed by atoms with Crippen LogP contribution in [0.1, 0.15) is 38.3 Å². The lowest BCUT2D eigenvalue weighted by Crippen LogP contribution is -2.39. The van der Waals surface area contributed by atoms with Gasteiger partial charge < -0.3 is 14.8 Å². The zero-order chi connectivity index (χ0) is 15.7. The zero-order valence-electron chi connectivity index (χ0n) is 14.3. The lowest BCUT2D eigenvalue weighted by atomic mass is 10.0. The van der Waals surface area contributed by atoms with Crippen LogP contribution < -0.4 is 5.32 Å². The summed E-state index contributed by atoms with van der Waals surface area (Å²) in [5.74, 6) is 2.00. The van der Waals surface area contributed by atoms with Gasteiger partial charge in [-0.1, -0.05) is 0 Å². The normalized spacial score (nSPS) is 19.2. The molecule has 1 aromatic rings. The van der Waals surface area contributed by atoms with E-state index in [1.165, 1.54) is 31.4 Å². The van der Waals surface area contributed by atoms with Crippen molar-refractivity contribution in [2.75, 3.05) is 20.1 Å². The Balaban J connectivity index is 0.00000192. The van der Waals surface area contributed by atoms with Crippen molar-refractivity contribution >= 4 is 45.9 Å². The van der Waals surface area contributed by atoms with Crippen molar-refractivity contribution in [3.8, 4) is 0 Å². The second kappa shape index (κ2) is 7.76. The molecule has 1 heterocycles. The fourth-order valence-electron chi connectivity index (χ4n) is 3.29. The Morgan fingerprint density at radius 2 is 2.17 bits per heavy atom. The third-order valence-corrected chi connectivity index (χ3v) is 5.48. The van der Waals surface area contributed by atoms with Gasteiger partial charge in [-0.15, -0.1) is 24.0 Å². The summed E-state index contributed by atoms with van der Waals surface area (Å²) in [7, 11) is 4.21. The molecule has 0 amide bonds. The molecule has 0 atom stereocenters. The monoisotopic (exact) mass is 494 g/mol. The Bertz CT molecular complexity index is 561. The largest absolute Gasteiger partial charge is 0.357 e. The van der Waals surface area contributed by atoms with E-state index in [0.29, 0.717) is 5.41 Å². The molecule has 23 heavy (non-hydrogen) atoms. The third kappa shape index (κ3) is 4.65. The predicted octanol–water partition coefficient (Wildman–Crippen LogP) is 3.99. The molecule has 2 aliphatic carbocycles. The zero-order valence-corrected chi connectivity index (χ0v) is 18.2. The number of aliphatic imine (C=N–C) groups is 1. The van der Waals surface area contributed by atoms with E-state index in [1.54, 1.807) is 0 Å². The summed E-state index contributed by atoms with van der Waals surface area (Å²) in [4.78, 5) is 7.18. The molecule has 0 bridgehead atoms. The van der Waals surface area contributed by atoms with Crippen LogP contribution in [0.2, 0.25) is 0 Å². The van der Waals surface area contributed by atoms with Gasteiger partial charge >= 0.3 is 0 Å². The topological polar surface area (TPSA) is 32.6 Å². The van der Waals surface area contributed by atoms with Crippen LogP contribution in [0.5, 0.6) is 0 Å². The number of nitrogens with zero attached hydrogens (tertiary/aromatic N) is 3. The number of hydrogen-bond acceptors (Lipinski definition) is 1. The highest BCUT2D eigenvalue weighted by Crippen LogP contribution is 2.61. The number of guanidine groups is 1. The summed E-state index contributed by atoms with van der Waals surface area (Å²) in [6, 6.07) is 2.17. The van der Waals surface area contributed by atoms with Crippen LogP contribution in [0.4, 0.5) is 0 Å². The average Bonchev–Trinajstić information content (AvgIpc) is 3.35. The Morgan fingerprint density at radius 3 is 2.65 bits per heavy atom. The van der Waals surface area contributed by atoms with Gasteiger partial charge in [0.1, 0.15) is 0 Å². The maximum Gasteiger partial charge on any atom is 0.194 e. The molecule has 1 aromatic heterocycles. The molecule has 0 saturated heterocycles. The molecule has 0 radical (unpaired) electrons. The Kier molecular flexibility index (Phi) is 6.44. The summed E-state index contributed by atoms with van der Waals surface area (Å²) in [6.07, 6.45) is 7.72. The highest BCUT2D eigenvalue weighted by atomic mass is 127. The summed E-state index contributed by atoms with van der Waals surface area (Å²) in [5, 5.41) is 3.44. The van der Waals surface area contributed by atoms with E-state index in [2.05, 4.69) is 64.0 Å². The minimum atomic E-state index is 0. The van der Waals surface area contributed by atoms with Crippen LogP contribution in [0.3, 0.4) is 0 Å². The smallest absolute Gasteiger partial charge is 0.194 e. The van der Waals surface area contributed by atoms with Crippen molar-refractivity contribution in [3.05, 3.63) is 22.4 Å². The van der Waals surface area contributed by atoms with Crippen molar-refractivity contribution in [2.24, 2.45) is 23.4 Å². The second-order valence-corrected chi connectivity index (χ2v) is 7.84. The molecular weight excluding hydrogens is 467 g/mol. The van der Waals surface area contributed by atoms with Crippen LogP contribution in [0, 0.1) is 11.3 Å². The first kappa shape index (κ1) is 19.1. The van der Waals surface area contributed by atoms with Crippen LogP contribution in [-0.4, -0.2) is 35.6 Å². The number of nitrogens with one attached hydrogen (secondary N) is 1. The molecule has 0 spiro atoms. The number of aryl methyl sites for hydroxylation is 1. The highest BCUT2D eigenvalue weighted by molar-refractivity contribution is 14.0. The molecule has 2 fully saturated rings. The van der Waals surface area contributed by atoms with Gasteiger partial charge in [-0.3, -0.25) is 4.99 Å². The summed E-state index contributed by atoms with van der Waals surface area (Å²) < 4.78 is 3.29. The first-order chi connectivity index (χ1) is 10.5. The van der Waals surface area contributed by atoms with Crippen molar-refractivity contribution < 1.29 is 0 Å². The maximum atomic E-state index is 4.95. The first-order valence-electron chi connectivity index (χ1n) is 8.34. The summed E-state index contributed by atoms with van der Waals surface area (Å²) in [5.41, 5.74) is 1.85. The van der Waals surface area contributed by atoms with Gasteiger partial charge in [0.05, 0.1) is 6.54 Å². The van der Waals surface area contributed by atoms with Crippen LogP contribution >= 0.6 is 39.9 Å². The fraction of sp³-hybridized carbons (Fsp3) is 0.706. The Labute approximate surface area is 165 Å². The van der Waals surface area contributed by atoms with E-state index in [0.717, 1.165) is 36.0 Å². The van der Waals surface area contributed by atoms with Gasteiger partial charge in [-0.2, -0.15) is 0 Å². The van der Waals surface area contributed by atoms with Gasteiger partial charge in [0.25, 0.3) is 0 Å². The van der Waals surface area contributed by atoms with E-state index in [1.807, 2.05) is 0 Å². The molecule has 1 N–H and O–H groups in total. The molecule has 0 aromatic carbocycles. The van der Waals surface area contributed by atoms with E-state index < -0.39 is 0 Å². The molecule has 0 unspecified atom stereocenters. The van der Waals surface area contributed by atoms with E-state index in [-0.39, 0.29) is 24.0 Å². The van der Waals surface area contributed by atoms with Crippen molar-refractivity contribution in [1.82, 2.24) is 14.8 Å². The third-order valence-electron chi connectivity index (χ3n) is 5.05. The Hall–Kier alpha value is -0.240. The number of hydrogen-bond donors (Lipinski definition) is 1. The van der Waals surface area contributed by atoms with Crippen LogP contribution in [0.15, 0.2) is 21.7 Å². The average molecular weight is 495 g/mol. The fourth-order valence-corrected chi connectivity index (χ4v) is 3.87. The quantitative estimate of drug-likeness (QED) is 0.368. The summed E-state index contributed by atoms with van der Waals surface area (Å²) >= 11 is 3.54. The maximum absolute atomic E-state index is 4.95. The number of rotatable bonds is 6. The molecule has 2 saturated carbocycles. The first-order valence-corrected chi connectivity index (χ1v) is 9.13. The van der Waals surface area contributed by atoms with Crippen LogP contribution in [-0.2, 0) is 13.6 Å². The molecule has 4 nitrogen and oxygen atoms in total. The summed E-state index contributed by atoms with van der Waals surface area (Å²) in [6.45, 7) is 4.91. The van der Waals surface area contributed by atoms with Gasteiger partial charge in [0.15, 0.2) is 5.96 Å². The molecular formula is C17H28BrIN4. The van der Waals surface area contributed by atoms with Crippen LogP contribution in [0.25, 0.3) is 0 Å². The lowest BCUT2D eigenvalue weighted by molar-refractivity contribution is 0.432. The predicted molar refractivity (Wildman–Crippen MR) is 110 cm³/mol. The molecule has 2 aliphatic rings. The Morgan fingerprint density at radius 1 is 1.48 bits per heavy atom. The number of halogens is 2. The molecule has 6 heteroatoms.